The summed E-state index contributed by atoms with van der Waals surface area (Å²) in [6.45, 7) is 3.02. The van der Waals surface area contributed by atoms with Crippen molar-refractivity contribution in [1.29, 1.82) is 0 Å². The zero-order valence-electron chi connectivity index (χ0n) is 13.4. The zero-order chi connectivity index (χ0) is 17.8. The van der Waals surface area contributed by atoms with Crippen LogP contribution in [0.4, 0.5) is 0 Å². The first-order chi connectivity index (χ1) is 12.1. The van der Waals surface area contributed by atoms with Gasteiger partial charge < -0.3 is 14.6 Å². The number of fused-ring (bicyclic) bond motifs is 2. The van der Waals surface area contributed by atoms with Gasteiger partial charge in [0.15, 0.2) is 6.10 Å². The first-order valence-corrected chi connectivity index (χ1v) is 8.18. The second-order valence-electron chi connectivity index (χ2n) is 5.55. The van der Waals surface area contributed by atoms with E-state index < -0.39 is 12.1 Å². The highest BCUT2D eigenvalue weighted by Crippen LogP contribution is 2.36. The highest BCUT2D eigenvalue weighted by molar-refractivity contribution is 6.31. The van der Waals surface area contributed by atoms with Gasteiger partial charge >= 0.3 is 5.97 Å². The fourth-order valence-electron chi connectivity index (χ4n) is 2.66. The van der Waals surface area contributed by atoms with Crippen molar-refractivity contribution in [3.63, 3.8) is 0 Å². The standard InChI is InChI=1S/C20H17ClO4/c1-2-19(23)25-16(11-22)12-24-20-17-6-4-3-5-13(17)9-14-7-8-15(21)10-18(14)20/h2-10,16,22H,1,11-12H2. The van der Waals surface area contributed by atoms with Gasteiger partial charge in [-0.2, -0.15) is 0 Å². The molecule has 0 fully saturated rings. The van der Waals surface area contributed by atoms with Crippen LogP contribution in [0.3, 0.4) is 0 Å². The minimum Gasteiger partial charge on any atom is -0.488 e. The fraction of sp³-hybridized carbons (Fsp3) is 0.150. The van der Waals surface area contributed by atoms with Crippen LogP contribution in [0.15, 0.2) is 61.2 Å². The molecule has 128 valence electrons. The van der Waals surface area contributed by atoms with Crippen LogP contribution in [0, 0.1) is 0 Å². The maximum Gasteiger partial charge on any atom is 0.330 e. The van der Waals surface area contributed by atoms with Crippen molar-refractivity contribution in [2.75, 3.05) is 13.2 Å². The lowest BCUT2D eigenvalue weighted by molar-refractivity contribution is -0.146. The molecule has 0 aliphatic heterocycles. The third-order valence-corrected chi connectivity index (χ3v) is 4.08. The summed E-state index contributed by atoms with van der Waals surface area (Å²) >= 11 is 6.14. The number of halogens is 1. The van der Waals surface area contributed by atoms with E-state index in [1.807, 2.05) is 42.5 Å². The summed E-state index contributed by atoms with van der Waals surface area (Å²) in [6.07, 6.45) is 0.272. The molecule has 3 rings (SSSR count). The van der Waals surface area contributed by atoms with Gasteiger partial charge in [0.1, 0.15) is 12.4 Å². The number of rotatable bonds is 6. The SMILES string of the molecule is C=CC(=O)OC(CO)COc1c2ccccc2cc2ccc(Cl)cc12. The minimum atomic E-state index is -0.779. The predicted octanol–water partition coefficient (Wildman–Crippen LogP) is 4.12. The molecule has 5 heteroatoms. The van der Waals surface area contributed by atoms with E-state index in [9.17, 15) is 9.90 Å². The van der Waals surface area contributed by atoms with Gasteiger partial charge in [-0.25, -0.2) is 4.79 Å². The predicted molar refractivity (Wildman–Crippen MR) is 99.1 cm³/mol. The molecule has 4 nitrogen and oxygen atoms in total. The van der Waals surface area contributed by atoms with Crippen molar-refractivity contribution in [2.45, 2.75) is 6.10 Å². The van der Waals surface area contributed by atoms with Crippen LogP contribution in [0.1, 0.15) is 0 Å². The fourth-order valence-corrected chi connectivity index (χ4v) is 2.83. The molecule has 0 aliphatic carbocycles. The first-order valence-electron chi connectivity index (χ1n) is 7.80. The van der Waals surface area contributed by atoms with Gasteiger partial charge in [0.2, 0.25) is 0 Å². The van der Waals surface area contributed by atoms with Crippen LogP contribution in [0.2, 0.25) is 5.02 Å². The van der Waals surface area contributed by atoms with E-state index in [0.29, 0.717) is 10.8 Å². The second-order valence-corrected chi connectivity index (χ2v) is 5.99. The summed E-state index contributed by atoms with van der Waals surface area (Å²) in [4.78, 5) is 11.3. The summed E-state index contributed by atoms with van der Waals surface area (Å²) in [5, 5.41) is 13.8. The number of carbonyl (C=O) groups is 1. The van der Waals surface area contributed by atoms with Crippen LogP contribution >= 0.6 is 11.6 Å². The van der Waals surface area contributed by atoms with Crippen molar-refractivity contribution >= 4 is 39.1 Å². The molecule has 0 spiro atoms. The molecule has 0 aliphatic rings. The molecule has 0 radical (unpaired) electrons. The Bertz CT molecular complexity index is 936. The Morgan fingerprint density at radius 1 is 1.16 bits per heavy atom. The Morgan fingerprint density at radius 2 is 1.92 bits per heavy atom. The average molecular weight is 357 g/mol. The molecule has 0 aromatic heterocycles. The molecule has 1 N–H and O–H groups in total. The van der Waals surface area contributed by atoms with E-state index in [2.05, 4.69) is 12.6 Å². The van der Waals surface area contributed by atoms with Gasteiger partial charge in [-0.15, -0.1) is 0 Å². The highest BCUT2D eigenvalue weighted by Gasteiger charge is 2.15. The number of carbonyl (C=O) groups excluding carboxylic acids is 1. The molecule has 3 aromatic carbocycles. The molecule has 0 heterocycles. The first kappa shape index (κ1) is 17.3. The van der Waals surface area contributed by atoms with Crippen LogP contribution in [0.5, 0.6) is 5.75 Å². The normalized spacial score (nSPS) is 12.1. The van der Waals surface area contributed by atoms with Crippen molar-refractivity contribution in [2.24, 2.45) is 0 Å². The molecule has 25 heavy (non-hydrogen) atoms. The van der Waals surface area contributed by atoms with Gasteiger partial charge in [0, 0.05) is 21.9 Å². The highest BCUT2D eigenvalue weighted by atomic mass is 35.5. The van der Waals surface area contributed by atoms with Crippen LogP contribution in [-0.4, -0.2) is 30.4 Å². The lowest BCUT2D eigenvalue weighted by Gasteiger charge is -2.18. The number of hydrogen-bond acceptors (Lipinski definition) is 4. The van der Waals surface area contributed by atoms with Crippen molar-refractivity contribution in [1.82, 2.24) is 0 Å². The summed E-state index contributed by atoms with van der Waals surface area (Å²) < 4.78 is 11.0. The van der Waals surface area contributed by atoms with E-state index in [4.69, 9.17) is 21.1 Å². The topological polar surface area (TPSA) is 55.8 Å². The smallest absolute Gasteiger partial charge is 0.330 e. The molecule has 1 atom stereocenters. The summed E-state index contributed by atoms with van der Waals surface area (Å²) in [5.74, 6) is 0.0391. The second kappa shape index (κ2) is 7.55. The van der Waals surface area contributed by atoms with E-state index in [1.165, 1.54) is 0 Å². The minimum absolute atomic E-state index is 0.0195. The molecular formula is C20H17ClO4. The number of benzene rings is 3. The van der Waals surface area contributed by atoms with E-state index >= 15 is 0 Å². The quantitative estimate of drug-likeness (QED) is 0.410. The van der Waals surface area contributed by atoms with E-state index in [-0.39, 0.29) is 13.2 Å². The van der Waals surface area contributed by atoms with Crippen LogP contribution in [-0.2, 0) is 9.53 Å². The number of ether oxygens (including phenoxy) is 2. The zero-order valence-corrected chi connectivity index (χ0v) is 14.2. The summed E-state index contributed by atoms with van der Waals surface area (Å²) in [5.41, 5.74) is 0. The lowest BCUT2D eigenvalue weighted by atomic mass is 10.0. The molecule has 1 unspecified atom stereocenters. The maximum absolute atomic E-state index is 11.3. The lowest BCUT2D eigenvalue weighted by Crippen LogP contribution is -2.27. The third-order valence-electron chi connectivity index (χ3n) is 3.84. The Balaban J connectivity index is 2.01. The van der Waals surface area contributed by atoms with Crippen molar-refractivity contribution in [3.8, 4) is 5.75 Å². The Morgan fingerprint density at radius 3 is 2.68 bits per heavy atom. The molecular weight excluding hydrogens is 340 g/mol. The van der Waals surface area contributed by atoms with E-state index in [0.717, 1.165) is 27.6 Å². The van der Waals surface area contributed by atoms with Crippen LogP contribution in [0.25, 0.3) is 21.5 Å². The molecule has 0 saturated heterocycles. The molecule has 0 saturated carbocycles. The number of esters is 1. The van der Waals surface area contributed by atoms with Gasteiger partial charge in [0.25, 0.3) is 0 Å². The Hall–Kier alpha value is -2.56. The molecule has 3 aromatic rings. The summed E-state index contributed by atoms with van der Waals surface area (Å²) in [7, 11) is 0. The maximum atomic E-state index is 11.3. The van der Waals surface area contributed by atoms with Gasteiger partial charge in [-0.05, 0) is 29.0 Å². The van der Waals surface area contributed by atoms with Gasteiger partial charge in [-0.3, -0.25) is 0 Å². The number of hydrogen-bond donors (Lipinski definition) is 1. The van der Waals surface area contributed by atoms with E-state index in [1.54, 1.807) is 0 Å². The van der Waals surface area contributed by atoms with Crippen molar-refractivity contribution in [3.05, 3.63) is 66.2 Å². The van der Waals surface area contributed by atoms with Crippen LogP contribution < -0.4 is 4.74 Å². The average Bonchev–Trinajstić information content (AvgIpc) is 2.64. The largest absolute Gasteiger partial charge is 0.488 e. The van der Waals surface area contributed by atoms with Gasteiger partial charge in [-0.1, -0.05) is 48.5 Å². The Labute approximate surface area is 150 Å². The molecule has 0 amide bonds. The number of aliphatic hydroxyl groups is 1. The molecule has 0 bridgehead atoms. The van der Waals surface area contributed by atoms with Crippen molar-refractivity contribution < 1.29 is 19.4 Å². The summed E-state index contributed by atoms with van der Waals surface area (Å²) in [6, 6.07) is 15.5. The Kier molecular flexibility index (Phi) is 5.22. The monoisotopic (exact) mass is 356 g/mol. The number of aliphatic hydroxyl groups excluding tert-OH is 1. The third kappa shape index (κ3) is 3.76. The van der Waals surface area contributed by atoms with Gasteiger partial charge in [0.05, 0.1) is 6.61 Å².